The molecule has 2 atom stereocenters. The molecule has 1 aliphatic heterocycles. The van der Waals surface area contributed by atoms with Crippen molar-refractivity contribution in [2.45, 2.75) is 25.3 Å². The molecule has 0 saturated carbocycles. The zero-order chi connectivity index (χ0) is 17.1. The lowest BCUT2D eigenvalue weighted by atomic mass is 9.81. The molecule has 2 aromatic rings. The lowest BCUT2D eigenvalue weighted by Crippen LogP contribution is -2.44. The molecule has 3 rings (SSSR count). The van der Waals surface area contributed by atoms with Gasteiger partial charge in [-0.1, -0.05) is 35.3 Å². The maximum atomic E-state index is 6.34. The minimum atomic E-state index is 0.140. The maximum Gasteiger partial charge on any atom is 0.122 e. The Kier molecular flexibility index (Phi) is 5.67. The van der Waals surface area contributed by atoms with Crippen LogP contribution in [0.15, 0.2) is 42.5 Å². The van der Waals surface area contributed by atoms with E-state index in [1.807, 2.05) is 41.4 Å². The lowest BCUT2D eigenvalue weighted by Gasteiger charge is -2.39. The van der Waals surface area contributed by atoms with Crippen LogP contribution < -0.4 is 10.6 Å². The Morgan fingerprint density at radius 3 is 2.71 bits per heavy atom. The van der Waals surface area contributed by atoms with Crippen molar-refractivity contribution in [3.63, 3.8) is 0 Å². The highest BCUT2D eigenvalue weighted by Gasteiger charge is 2.32. The Hall–Kier alpha value is -1.26. The Morgan fingerprint density at radius 2 is 1.96 bits per heavy atom. The first kappa shape index (κ1) is 17.6. The smallest absolute Gasteiger partial charge is 0.122 e. The van der Waals surface area contributed by atoms with E-state index in [9.17, 15) is 0 Å². The monoisotopic (exact) mass is 364 g/mol. The van der Waals surface area contributed by atoms with E-state index < -0.39 is 0 Å². The standard InChI is InChI=1S/C19H22Cl2N2O/c1-24-18-8-7-17(21)12-15(18)10-13-5-3-9-23(22)19(13)14-4-2-6-16(20)11-14/h2,4,6-8,11-13,19H,3,5,9-10,22H2,1H3/t13-,19-/m1/s1. The van der Waals surface area contributed by atoms with E-state index >= 15 is 0 Å². The summed E-state index contributed by atoms with van der Waals surface area (Å²) < 4.78 is 5.50. The minimum Gasteiger partial charge on any atom is -0.496 e. The zero-order valence-corrected chi connectivity index (χ0v) is 15.2. The van der Waals surface area contributed by atoms with Crippen molar-refractivity contribution in [1.82, 2.24) is 5.01 Å². The van der Waals surface area contributed by atoms with Crippen molar-refractivity contribution < 1.29 is 4.74 Å². The molecule has 0 spiro atoms. The molecule has 2 aromatic carbocycles. The molecule has 0 aromatic heterocycles. The topological polar surface area (TPSA) is 38.5 Å². The Bertz CT molecular complexity index is 708. The number of nitrogens with two attached hydrogens (primary N) is 1. The summed E-state index contributed by atoms with van der Waals surface area (Å²) in [5.74, 6) is 7.60. The molecule has 5 heteroatoms. The molecule has 0 unspecified atom stereocenters. The van der Waals surface area contributed by atoms with Crippen LogP contribution in [0.2, 0.25) is 10.0 Å². The van der Waals surface area contributed by atoms with Gasteiger partial charge in [-0.15, -0.1) is 0 Å². The third kappa shape index (κ3) is 3.86. The van der Waals surface area contributed by atoms with Gasteiger partial charge in [0.2, 0.25) is 0 Å². The number of benzene rings is 2. The van der Waals surface area contributed by atoms with Crippen LogP contribution in [0.4, 0.5) is 0 Å². The predicted octanol–water partition coefficient (Wildman–Crippen LogP) is 4.87. The number of nitrogens with zero attached hydrogens (tertiary/aromatic N) is 1. The summed E-state index contributed by atoms with van der Waals surface area (Å²) in [6.07, 6.45) is 3.07. The number of methoxy groups -OCH3 is 1. The number of hydrazine groups is 1. The molecule has 0 bridgehead atoms. The van der Waals surface area contributed by atoms with Crippen LogP contribution in [0.25, 0.3) is 0 Å². The zero-order valence-electron chi connectivity index (χ0n) is 13.7. The van der Waals surface area contributed by atoms with Crippen LogP contribution in [0.3, 0.4) is 0 Å². The Morgan fingerprint density at radius 1 is 1.17 bits per heavy atom. The second kappa shape index (κ2) is 7.75. The van der Waals surface area contributed by atoms with Gasteiger partial charge in [0.1, 0.15) is 5.75 Å². The van der Waals surface area contributed by atoms with Crippen LogP contribution in [0.1, 0.15) is 30.0 Å². The van der Waals surface area contributed by atoms with Gasteiger partial charge in [0.25, 0.3) is 0 Å². The highest BCUT2D eigenvalue weighted by atomic mass is 35.5. The van der Waals surface area contributed by atoms with Gasteiger partial charge in [0, 0.05) is 16.6 Å². The quantitative estimate of drug-likeness (QED) is 0.786. The maximum absolute atomic E-state index is 6.34. The molecule has 0 aliphatic carbocycles. The molecule has 2 N–H and O–H groups in total. The van der Waals surface area contributed by atoms with Crippen LogP contribution in [0, 0.1) is 5.92 Å². The summed E-state index contributed by atoms with van der Waals surface area (Å²) in [6, 6.07) is 13.9. The fourth-order valence-corrected chi connectivity index (χ4v) is 4.05. The molecule has 0 amide bonds. The van der Waals surface area contributed by atoms with E-state index in [0.717, 1.165) is 52.7 Å². The number of hydrogen-bond acceptors (Lipinski definition) is 3. The molecule has 1 fully saturated rings. The van der Waals surface area contributed by atoms with Crippen molar-refractivity contribution >= 4 is 23.2 Å². The van der Waals surface area contributed by atoms with E-state index in [-0.39, 0.29) is 6.04 Å². The number of ether oxygens (including phenoxy) is 1. The van der Waals surface area contributed by atoms with Gasteiger partial charge in [-0.3, -0.25) is 5.84 Å². The summed E-state index contributed by atoms with van der Waals surface area (Å²) in [5, 5.41) is 3.41. The molecule has 1 heterocycles. The summed E-state index contributed by atoms with van der Waals surface area (Å²) in [6.45, 7) is 0.889. The fraction of sp³-hybridized carbons (Fsp3) is 0.368. The van der Waals surface area contributed by atoms with Crippen LogP contribution in [-0.2, 0) is 6.42 Å². The average molecular weight is 365 g/mol. The van der Waals surface area contributed by atoms with Crippen LogP contribution in [0.5, 0.6) is 5.75 Å². The minimum absolute atomic E-state index is 0.140. The van der Waals surface area contributed by atoms with Gasteiger partial charge in [0.05, 0.1) is 13.2 Å². The van der Waals surface area contributed by atoms with E-state index in [4.69, 9.17) is 33.8 Å². The molecular weight excluding hydrogens is 343 g/mol. The first-order chi connectivity index (χ1) is 11.6. The molecule has 1 aliphatic rings. The molecular formula is C19H22Cl2N2O. The molecule has 1 saturated heterocycles. The number of piperidine rings is 1. The summed E-state index contributed by atoms with van der Waals surface area (Å²) in [5.41, 5.74) is 2.29. The highest BCUT2D eigenvalue weighted by molar-refractivity contribution is 6.30. The van der Waals surface area contributed by atoms with Gasteiger partial charge in [-0.25, -0.2) is 5.01 Å². The number of rotatable bonds is 4. The summed E-state index contributed by atoms with van der Waals surface area (Å²) in [4.78, 5) is 0. The van der Waals surface area contributed by atoms with E-state index in [0.29, 0.717) is 5.92 Å². The first-order valence-corrected chi connectivity index (χ1v) is 8.93. The van der Waals surface area contributed by atoms with Gasteiger partial charge < -0.3 is 4.74 Å². The highest BCUT2D eigenvalue weighted by Crippen LogP contribution is 2.38. The fourth-order valence-electron chi connectivity index (χ4n) is 3.66. The van der Waals surface area contributed by atoms with E-state index in [1.54, 1.807) is 7.11 Å². The molecule has 3 nitrogen and oxygen atoms in total. The molecule has 0 radical (unpaired) electrons. The van der Waals surface area contributed by atoms with Crippen molar-refractivity contribution in [2.75, 3.05) is 13.7 Å². The van der Waals surface area contributed by atoms with E-state index in [2.05, 4.69) is 6.07 Å². The van der Waals surface area contributed by atoms with Crippen molar-refractivity contribution in [3.8, 4) is 5.75 Å². The molecule has 128 valence electrons. The van der Waals surface area contributed by atoms with Crippen LogP contribution in [-0.4, -0.2) is 18.7 Å². The first-order valence-electron chi connectivity index (χ1n) is 8.17. The van der Waals surface area contributed by atoms with Gasteiger partial charge in [-0.2, -0.15) is 0 Å². The third-order valence-corrected chi connectivity index (χ3v) is 5.18. The Labute approximate surface area is 153 Å². The molecule has 24 heavy (non-hydrogen) atoms. The second-order valence-corrected chi connectivity index (χ2v) is 7.17. The SMILES string of the molecule is COc1ccc(Cl)cc1C[C@H]1CCCN(N)[C@H]1c1cccc(Cl)c1. The van der Waals surface area contributed by atoms with Gasteiger partial charge in [-0.05, 0) is 66.6 Å². The van der Waals surface area contributed by atoms with Gasteiger partial charge in [0.15, 0.2) is 0 Å². The van der Waals surface area contributed by atoms with Crippen LogP contribution >= 0.6 is 23.2 Å². The number of hydrogen-bond donors (Lipinski definition) is 1. The predicted molar refractivity (Wildman–Crippen MR) is 99.5 cm³/mol. The normalized spacial score (nSPS) is 21.7. The van der Waals surface area contributed by atoms with E-state index in [1.165, 1.54) is 0 Å². The van der Waals surface area contributed by atoms with Gasteiger partial charge >= 0.3 is 0 Å². The summed E-state index contributed by atoms with van der Waals surface area (Å²) in [7, 11) is 1.69. The Balaban J connectivity index is 1.91. The lowest BCUT2D eigenvalue weighted by molar-refractivity contribution is 0.0923. The van der Waals surface area contributed by atoms with Crippen molar-refractivity contribution in [1.29, 1.82) is 0 Å². The van der Waals surface area contributed by atoms with Crippen molar-refractivity contribution in [2.24, 2.45) is 11.8 Å². The van der Waals surface area contributed by atoms with Crippen molar-refractivity contribution in [3.05, 3.63) is 63.6 Å². The number of halogens is 2. The average Bonchev–Trinajstić information content (AvgIpc) is 2.55. The summed E-state index contributed by atoms with van der Waals surface area (Å²) >= 11 is 12.4. The third-order valence-electron chi connectivity index (χ3n) is 4.71. The second-order valence-electron chi connectivity index (χ2n) is 6.30. The largest absolute Gasteiger partial charge is 0.496 e.